The molecule has 6 nitrogen and oxygen atoms in total. The molecule has 1 heterocycles. The molecule has 7 heteroatoms. The number of hydrogen-bond acceptors (Lipinski definition) is 4. The topological polar surface area (TPSA) is 78.5 Å². The van der Waals surface area contributed by atoms with Crippen LogP contribution in [0.2, 0.25) is 0 Å². The Hall–Kier alpha value is -2.26. The van der Waals surface area contributed by atoms with Gasteiger partial charge in [0, 0.05) is 9.13 Å². The summed E-state index contributed by atoms with van der Waals surface area (Å²) < 4.78 is 1.02. The Morgan fingerprint density at radius 2 is 1.81 bits per heavy atom. The first-order valence-electron chi connectivity index (χ1n) is 8.12. The first kappa shape index (κ1) is 18.5. The van der Waals surface area contributed by atoms with E-state index in [1.54, 1.807) is 18.2 Å². The summed E-state index contributed by atoms with van der Waals surface area (Å²) >= 11 is 2.15. The van der Waals surface area contributed by atoms with Crippen molar-refractivity contribution in [1.82, 2.24) is 10.9 Å². The zero-order valence-corrected chi connectivity index (χ0v) is 16.5. The van der Waals surface area contributed by atoms with Crippen LogP contribution in [0.25, 0.3) is 0 Å². The van der Waals surface area contributed by atoms with E-state index in [-0.39, 0.29) is 24.1 Å². The average Bonchev–Trinajstić information content (AvgIpc) is 2.88. The molecule has 2 aromatic rings. The lowest BCUT2D eigenvalue weighted by Gasteiger charge is -2.18. The minimum absolute atomic E-state index is 0.000875. The molecule has 26 heavy (non-hydrogen) atoms. The normalized spacial score (nSPS) is 16.9. The summed E-state index contributed by atoms with van der Waals surface area (Å²) in [6, 6.07) is 11.8. The number of carbonyl (C=O) groups excluding carboxylic acids is 3. The fourth-order valence-corrected chi connectivity index (χ4v) is 3.24. The third-order valence-electron chi connectivity index (χ3n) is 4.21. The third-order valence-corrected chi connectivity index (χ3v) is 4.93. The second-order valence-electron chi connectivity index (χ2n) is 6.22. The van der Waals surface area contributed by atoms with Crippen LogP contribution < -0.4 is 15.8 Å². The fraction of sp³-hybridized carbons (Fsp3) is 0.211. The molecule has 0 radical (unpaired) electrons. The summed E-state index contributed by atoms with van der Waals surface area (Å²) in [7, 11) is 0. The Bertz CT molecular complexity index is 880. The molecule has 0 spiro atoms. The van der Waals surface area contributed by atoms with Gasteiger partial charge in [0.05, 0.1) is 12.1 Å². The van der Waals surface area contributed by atoms with E-state index in [0.717, 1.165) is 14.7 Å². The first-order chi connectivity index (χ1) is 12.4. The van der Waals surface area contributed by atoms with Crippen molar-refractivity contribution in [1.29, 1.82) is 0 Å². The molecule has 134 valence electrons. The predicted octanol–water partition coefficient (Wildman–Crippen LogP) is 2.47. The number of aryl methyl sites for hydroxylation is 2. The van der Waals surface area contributed by atoms with Gasteiger partial charge in [0.1, 0.15) is 6.04 Å². The number of hydrazine groups is 1. The monoisotopic (exact) mass is 463 g/mol. The second kappa shape index (κ2) is 7.55. The van der Waals surface area contributed by atoms with E-state index in [9.17, 15) is 14.4 Å². The lowest BCUT2D eigenvalue weighted by Crippen LogP contribution is -2.48. The van der Waals surface area contributed by atoms with Crippen molar-refractivity contribution in [3.63, 3.8) is 0 Å². The number of rotatable bonds is 4. The van der Waals surface area contributed by atoms with Crippen molar-refractivity contribution in [2.24, 2.45) is 0 Å². The number of nitrogens with zero attached hydrogens (tertiary/aromatic N) is 1. The molecule has 0 saturated carbocycles. The highest BCUT2D eigenvalue weighted by Crippen LogP contribution is 2.26. The van der Waals surface area contributed by atoms with E-state index in [2.05, 4.69) is 33.4 Å². The Morgan fingerprint density at radius 3 is 2.46 bits per heavy atom. The highest BCUT2D eigenvalue weighted by Gasteiger charge is 2.40. The van der Waals surface area contributed by atoms with Gasteiger partial charge in [-0.1, -0.05) is 17.7 Å². The summed E-state index contributed by atoms with van der Waals surface area (Å²) in [5, 5.41) is 0. The number of imide groups is 1. The molecule has 1 fully saturated rings. The van der Waals surface area contributed by atoms with Crippen LogP contribution >= 0.6 is 22.6 Å². The third kappa shape index (κ3) is 3.78. The van der Waals surface area contributed by atoms with Crippen molar-refractivity contribution >= 4 is 46.0 Å². The molecule has 1 saturated heterocycles. The highest BCUT2D eigenvalue weighted by atomic mass is 127. The molecular weight excluding hydrogens is 445 g/mol. The number of anilines is 1. The van der Waals surface area contributed by atoms with Gasteiger partial charge in [0.2, 0.25) is 5.91 Å². The van der Waals surface area contributed by atoms with E-state index in [1.165, 1.54) is 4.90 Å². The zero-order chi connectivity index (χ0) is 18.8. The lowest BCUT2D eigenvalue weighted by molar-refractivity contribution is -0.121. The molecule has 1 atom stereocenters. The predicted molar refractivity (Wildman–Crippen MR) is 107 cm³/mol. The van der Waals surface area contributed by atoms with Crippen LogP contribution in [-0.4, -0.2) is 23.8 Å². The molecule has 1 aliphatic rings. The molecule has 0 bridgehead atoms. The summed E-state index contributed by atoms with van der Waals surface area (Å²) in [5.74, 6) is -1.01. The van der Waals surface area contributed by atoms with Crippen molar-refractivity contribution in [2.45, 2.75) is 26.3 Å². The van der Waals surface area contributed by atoms with Gasteiger partial charge in [-0.15, -0.1) is 0 Å². The van der Waals surface area contributed by atoms with E-state index >= 15 is 0 Å². The molecule has 2 N–H and O–H groups in total. The van der Waals surface area contributed by atoms with Gasteiger partial charge >= 0.3 is 0 Å². The molecule has 1 aliphatic heterocycles. The maximum absolute atomic E-state index is 12.6. The second-order valence-corrected chi connectivity index (χ2v) is 7.47. The summed E-state index contributed by atoms with van der Waals surface area (Å²) in [5.41, 5.74) is 8.18. The van der Waals surface area contributed by atoms with Gasteiger partial charge in [-0.05, 0) is 72.3 Å². The fourth-order valence-electron chi connectivity index (χ4n) is 2.88. The first-order valence-corrected chi connectivity index (χ1v) is 9.20. The SMILES string of the molecule is Cc1ccc(N2C(=O)CC(NNC(=O)c3ccc(I)cc3)C2=O)c(C)c1. The standard InChI is InChI=1S/C19H18IN3O3/c1-11-3-8-16(12(2)9-11)23-17(24)10-15(19(23)26)21-22-18(25)13-4-6-14(20)7-5-13/h3-9,15,21H,10H2,1-2H3,(H,22,25). The van der Waals surface area contributed by atoms with Crippen LogP contribution in [0.15, 0.2) is 42.5 Å². The number of carbonyl (C=O) groups is 3. The minimum atomic E-state index is -0.781. The van der Waals surface area contributed by atoms with E-state index in [0.29, 0.717) is 11.3 Å². The van der Waals surface area contributed by atoms with Crippen LogP contribution in [0.1, 0.15) is 27.9 Å². The molecule has 3 rings (SSSR count). The van der Waals surface area contributed by atoms with E-state index in [1.807, 2.05) is 38.1 Å². The summed E-state index contributed by atoms with van der Waals surface area (Å²) in [4.78, 5) is 38.3. The maximum atomic E-state index is 12.6. The number of nitrogens with one attached hydrogen (secondary N) is 2. The molecule has 3 amide bonds. The van der Waals surface area contributed by atoms with E-state index < -0.39 is 6.04 Å². The Labute approximate surface area is 165 Å². The molecule has 1 unspecified atom stereocenters. The van der Waals surface area contributed by atoms with Gasteiger partial charge in [0.25, 0.3) is 11.8 Å². The Morgan fingerprint density at radius 1 is 1.12 bits per heavy atom. The molecular formula is C19H18IN3O3. The molecule has 2 aromatic carbocycles. The number of benzene rings is 2. The molecule has 0 aromatic heterocycles. The Balaban J connectivity index is 1.69. The van der Waals surface area contributed by atoms with Crippen LogP contribution in [0, 0.1) is 17.4 Å². The van der Waals surface area contributed by atoms with Crippen LogP contribution in [-0.2, 0) is 9.59 Å². The van der Waals surface area contributed by atoms with Gasteiger partial charge in [-0.2, -0.15) is 0 Å². The van der Waals surface area contributed by atoms with Crippen molar-refractivity contribution < 1.29 is 14.4 Å². The number of hydrogen-bond donors (Lipinski definition) is 2. The van der Waals surface area contributed by atoms with Crippen LogP contribution in [0.4, 0.5) is 5.69 Å². The number of halogens is 1. The zero-order valence-electron chi connectivity index (χ0n) is 14.4. The van der Waals surface area contributed by atoms with Crippen molar-refractivity contribution in [3.05, 3.63) is 62.7 Å². The van der Waals surface area contributed by atoms with Gasteiger partial charge in [-0.25, -0.2) is 10.3 Å². The minimum Gasteiger partial charge on any atom is -0.287 e. The number of amides is 3. The lowest BCUT2D eigenvalue weighted by atomic mass is 10.1. The highest BCUT2D eigenvalue weighted by molar-refractivity contribution is 14.1. The van der Waals surface area contributed by atoms with Gasteiger partial charge in [-0.3, -0.25) is 19.8 Å². The summed E-state index contributed by atoms with van der Waals surface area (Å²) in [6.07, 6.45) is -0.000875. The van der Waals surface area contributed by atoms with Crippen molar-refractivity contribution in [2.75, 3.05) is 4.90 Å². The Kier molecular flexibility index (Phi) is 5.38. The van der Waals surface area contributed by atoms with Crippen molar-refractivity contribution in [3.8, 4) is 0 Å². The summed E-state index contributed by atoms with van der Waals surface area (Å²) in [6.45, 7) is 3.82. The van der Waals surface area contributed by atoms with Gasteiger partial charge < -0.3 is 0 Å². The quantitative estimate of drug-likeness (QED) is 0.415. The van der Waals surface area contributed by atoms with Crippen LogP contribution in [0.3, 0.4) is 0 Å². The van der Waals surface area contributed by atoms with Crippen LogP contribution in [0.5, 0.6) is 0 Å². The van der Waals surface area contributed by atoms with Gasteiger partial charge in [0.15, 0.2) is 0 Å². The largest absolute Gasteiger partial charge is 0.287 e. The molecule has 0 aliphatic carbocycles. The maximum Gasteiger partial charge on any atom is 0.265 e. The average molecular weight is 463 g/mol. The smallest absolute Gasteiger partial charge is 0.265 e. The van der Waals surface area contributed by atoms with E-state index in [4.69, 9.17) is 0 Å².